The Morgan fingerprint density at radius 3 is 2.59 bits per heavy atom. The molecule has 1 N–H and O–H groups in total. The van der Waals surface area contributed by atoms with E-state index in [0.717, 1.165) is 36.0 Å². The summed E-state index contributed by atoms with van der Waals surface area (Å²) in [6, 6.07) is 10.3. The largest absolute Gasteiger partial charge is 0.465 e. The van der Waals surface area contributed by atoms with Crippen LogP contribution >= 0.6 is 0 Å². The van der Waals surface area contributed by atoms with Crippen molar-refractivity contribution in [3.63, 3.8) is 0 Å². The number of aliphatic hydroxyl groups excluding tert-OH is 1. The minimum Gasteiger partial charge on any atom is -0.465 e. The Labute approximate surface area is 132 Å². The van der Waals surface area contributed by atoms with E-state index in [2.05, 4.69) is 32.0 Å². The molecule has 0 aliphatic heterocycles. The number of aryl methyl sites for hydroxylation is 1. The second-order valence-corrected chi connectivity index (χ2v) is 5.91. The van der Waals surface area contributed by atoms with Gasteiger partial charge in [-0.15, -0.1) is 0 Å². The smallest absolute Gasteiger partial charge is 0.338 e. The maximum atomic E-state index is 12.1. The summed E-state index contributed by atoms with van der Waals surface area (Å²) in [4.78, 5) is 12.1. The Hall–Kier alpha value is -1.87. The van der Waals surface area contributed by atoms with Gasteiger partial charge in [0.2, 0.25) is 0 Å². The van der Waals surface area contributed by atoms with Crippen molar-refractivity contribution in [2.75, 3.05) is 13.7 Å². The molecule has 0 unspecified atom stereocenters. The van der Waals surface area contributed by atoms with Gasteiger partial charge < -0.3 is 9.84 Å². The molecular weight excluding hydrogens is 276 g/mol. The Balaban J connectivity index is 2.50. The van der Waals surface area contributed by atoms with Crippen molar-refractivity contribution in [3.8, 4) is 11.1 Å². The average Bonchev–Trinajstić information content (AvgIpc) is 2.70. The molecule has 118 valence electrons. The lowest BCUT2D eigenvalue weighted by molar-refractivity contribution is 0.0602. The predicted octanol–water partition coefficient (Wildman–Crippen LogP) is 4.02. The summed E-state index contributed by atoms with van der Waals surface area (Å²) in [5.41, 5.74) is 5.04. The number of unbranched alkanes of at least 4 members (excludes halogenated alkanes) is 1. The van der Waals surface area contributed by atoms with E-state index in [4.69, 9.17) is 9.84 Å². The van der Waals surface area contributed by atoms with Gasteiger partial charge >= 0.3 is 5.97 Å². The number of carbonyl (C=O) groups is 1. The second-order valence-electron chi connectivity index (χ2n) is 5.91. The standard InChI is InChI=1S/C19H24O3/c1-13(2)14-8-6-9-16-15(7-4-5-10-20)12-18(17(16)11-14)19(21)22-3/h6,8-9,11-13,20H,4-5,7,10H2,1-3H3. The molecule has 0 saturated heterocycles. The van der Waals surface area contributed by atoms with E-state index in [1.54, 1.807) is 0 Å². The van der Waals surface area contributed by atoms with Gasteiger partial charge in [-0.1, -0.05) is 38.1 Å². The van der Waals surface area contributed by atoms with E-state index >= 15 is 0 Å². The van der Waals surface area contributed by atoms with Crippen LogP contribution in [-0.4, -0.2) is 24.8 Å². The molecule has 22 heavy (non-hydrogen) atoms. The van der Waals surface area contributed by atoms with Gasteiger partial charge in [-0.2, -0.15) is 0 Å². The van der Waals surface area contributed by atoms with Gasteiger partial charge in [0.15, 0.2) is 0 Å². The lowest BCUT2D eigenvalue weighted by atomic mass is 10.0. The van der Waals surface area contributed by atoms with Gasteiger partial charge in [-0.05, 0) is 53.5 Å². The Kier molecular flexibility index (Phi) is 5.56. The average molecular weight is 300 g/mol. The predicted molar refractivity (Wildman–Crippen MR) is 88.5 cm³/mol. The fourth-order valence-corrected chi connectivity index (χ4v) is 2.74. The van der Waals surface area contributed by atoms with Crippen molar-refractivity contribution in [3.05, 3.63) is 47.0 Å². The summed E-state index contributed by atoms with van der Waals surface area (Å²) in [6.07, 6.45) is 2.54. The van der Waals surface area contributed by atoms with Crippen LogP contribution in [0.15, 0.2) is 30.3 Å². The number of hydrogen-bond donors (Lipinski definition) is 1. The number of esters is 1. The summed E-state index contributed by atoms with van der Waals surface area (Å²) in [5.74, 6) is 0.105. The molecule has 0 aromatic heterocycles. The molecule has 0 aromatic rings. The van der Waals surface area contributed by atoms with Crippen molar-refractivity contribution in [1.82, 2.24) is 0 Å². The van der Waals surface area contributed by atoms with Crippen molar-refractivity contribution >= 4 is 5.97 Å². The number of carbonyl (C=O) groups excluding carboxylic acids is 1. The summed E-state index contributed by atoms with van der Waals surface area (Å²) < 4.78 is 4.94. The lowest BCUT2D eigenvalue weighted by Crippen LogP contribution is -2.00. The zero-order chi connectivity index (χ0) is 16.1. The van der Waals surface area contributed by atoms with Crippen LogP contribution < -0.4 is 0 Å². The van der Waals surface area contributed by atoms with Crippen LogP contribution in [-0.2, 0) is 11.2 Å². The Bertz CT molecular complexity index is 616. The summed E-state index contributed by atoms with van der Waals surface area (Å²) in [5, 5.41) is 8.95. The summed E-state index contributed by atoms with van der Waals surface area (Å²) in [6.45, 7) is 4.49. The van der Waals surface area contributed by atoms with E-state index in [9.17, 15) is 4.79 Å². The first-order chi connectivity index (χ1) is 10.6. The number of ether oxygens (including phenoxy) is 1. The third-order valence-corrected chi connectivity index (χ3v) is 4.03. The van der Waals surface area contributed by atoms with Crippen LogP contribution in [0.2, 0.25) is 0 Å². The highest BCUT2D eigenvalue weighted by Crippen LogP contribution is 2.35. The molecule has 0 heterocycles. The minimum atomic E-state index is -0.292. The lowest BCUT2D eigenvalue weighted by Gasteiger charge is -2.05. The highest BCUT2D eigenvalue weighted by Gasteiger charge is 2.20. The maximum absolute atomic E-state index is 12.1. The fourth-order valence-electron chi connectivity index (χ4n) is 2.74. The molecule has 2 aliphatic carbocycles. The third kappa shape index (κ3) is 3.47. The first-order valence-electron chi connectivity index (χ1n) is 7.83. The van der Waals surface area contributed by atoms with E-state index in [1.807, 2.05) is 12.1 Å². The number of hydrogen-bond acceptors (Lipinski definition) is 3. The molecule has 0 amide bonds. The normalized spacial score (nSPS) is 11.1. The zero-order valence-electron chi connectivity index (χ0n) is 13.6. The summed E-state index contributed by atoms with van der Waals surface area (Å²) >= 11 is 0. The molecule has 2 rings (SSSR count). The van der Waals surface area contributed by atoms with E-state index in [1.165, 1.54) is 12.7 Å². The van der Waals surface area contributed by atoms with Crippen LogP contribution in [0.1, 0.15) is 54.1 Å². The van der Waals surface area contributed by atoms with E-state index in [-0.39, 0.29) is 12.6 Å². The zero-order valence-corrected chi connectivity index (χ0v) is 13.6. The van der Waals surface area contributed by atoms with Gasteiger partial charge in [-0.25, -0.2) is 4.79 Å². The monoisotopic (exact) mass is 300 g/mol. The van der Waals surface area contributed by atoms with Crippen molar-refractivity contribution in [1.29, 1.82) is 0 Å². The van der Waals surface area contributed by atoms with Crippen LogP contribution in [0, 0.1) is 0 Å². The van der Waals surface area contributed by atoms with Crippen LogP contribution in [0.4, 0.5) is 0 Å². The molecule has 3 heteroatoms. The number of fused-ring (bicyclic) bond motifs is 1. The van der Waals surface area contributed by atoms with Gasteiger partial charge in [0, 0.05) is 6.61 Å². The SMILES string of the molecule is COC(=O)c1cc(CCCCO)c2cccc(C(C)C)cc1-2. The fraction of sp³-hybridized carbons (Fsp3) is 0.421. The third-order valence-electron chi connectivity index (χ3n) is 4.03. The van der Waals surface area contributed by atoms with E-state index in [0.29, 0.717) is 11.5 Å². The van der Waals surface area contributed by atoms with E-state index < -0.39 is 0 Å². The molecule has 0 radical (unpaired) electrons. The molecule has 0 fully saturated rings. The summed E-state index contributed by atoms with van der Waals surface area (Å²) in [7, 11) is 1.42. The molecular formula is C19H24O3. The highest BCUT2D eigenvalue weighted by atomic mass is 16.5. The highest BCUT2D eigenvalue weighted by molar-refractivity contribution is 6.00. The van der Waals surface area contributed by atoms with Gasteiger partial charge in [0.25, 0.3) is 0 Å². The van der Waals surface area contributed by atoms with Gasteiger partial charge in [-0.3, -0.25) is 0 Å². The number of rotatable bonds is 6. The van der Waals surface area contributed by atoms with Gasteiger partial charge in [0.05, 0.1) is 12.7 Å². The van der Waals surface area contributed by atoms with Crippen molar-refractivity contribution in [2.24, 2.45) is 0 Å². The molecule has 0 saturated carbocycles. The van der Waals surface area contributed by atoms with Gasteiger partial charge in [0.1, 0.15) is 0 Å². The van der Waals surface area contributed by atoms with Crippen LogP contribution in [0.3, 0.4) is 0 Å². The van der Waals surface area contributed by atoms with Crippen LogP contribution in [0.5, 0.6) is 0 Å². The minimum absolute atomic E-state index is 0.202. The first-order valence-corrected chi connectivity index (χ1v) is 7.83. The van der Waals surface area contributed by atoms with Crippen molar-refractivity contribution < 1.29 is 14.6 Å². The first kappa shape index (κ1) is 16.5. The van der Waals surface area contributed by atoms with Crippen molar-refractivity contribution in [2.45, 2.75) is 39.0 Å². The molecule has 0 atom stereocenters. The quantitative estimate of drug-likeness (QED) is 0.647. The maximum Gasteiger partial charge on any atom is 0.338 e. The Morgan fingerprint density at radius 1 is 1.18 bits per heavy atom. The molecule has 0 bridgehead atoms. The number of methoxy groups -OCH3 is 1. The van der Waals surface area contributed by atoms with Crippen LogP contribution in [0.25, 0.3) is 11.1 Å². The molecule has 0 aromatic carbocycles. The number of aliphatic hydroxyl groups is 1. The topological polar surface area (TPSA) is 46.5 Å². The molecule has 2 aliphatic rings. The Morgan fingerprint density at radius 2 is 1.95 bits per heavy atom. The molecule has 3 nitrogen and oxygen atoms in total. The second kappa shape index (κ2) is 7.41. The molecule has 0 spiro atoms.